The number of nitrogens with two attached hydrogens (primary N) is 1. The van der Waals surface area contributed by atoms with Crippen LogP contribution in [0.25, 0.3) is 0 Å². The summed E-state index contributed by atoms with van der Waals surface area (Å²) < 4.78 is 0. The summed E-state index contributed by atoms with van der Waals surface area (Å²) in [6.07, 6.45) is 3.77. The van der Waals surface area contributed by atoms with Crippen LogP contribution < -0.4 is 5.73 Å². The number of carbonyl (C=O) groups excluding carboxylic acids is 1. The van der Waals surface area contributed by atoms with Gasteiger partial charge in [-0.2, -0.15) is 5.10 Å². The normalized spacial score (nSPS) is 21.7. The number of amides is 1. The van der Waals surface area contributed by atoms with Crippen LogP contribution in [0, 0.1) is 5.92 Å². The molecular weight excluding hydrogens is 192 g/mol. The Labute approximate surface area is 88.6 Å². The first-order valence-corrected chi connectivity index (χ1v) is 5.30. The summed E-state index contributed by atoms with van der Waals surface area (Å²) in [5.74, 6) is 0.483. The molecule has 0 aromatic carbocycles. The molecule has 1 amide bonds. The van der Waals surface area contributed by atoms with Gasteiger partial charge >= 0.3 is 0 Å². The number of hydrogen-bond donors (Lipinski definition) is 2. The Balaban J connectivity index is 2.01. The zero-order valence-electron chi connectivity index (χ0n) is 8.65. The largest absolute Gasteiger partial charge is 0.337 e. The minimum atomic E-state index is 0.0330. The van der Waals surface area contributed by atoms with E-state index in [0.717, 1.165) is 25.9 Å². The summed E-state index contributed by atoms with van der Waals surface area (Å²) >= 11 is 0. The second-order valence-corrected chi connectivity index (χ2v) is 3.97. The molecule has 1 fully saturated rings. The Kier molecular flexibility index (Phi) is 3.01. The first-order valence-electron chi connectivity index (χ1n) is 5.30. The van der Waals surface area contributed by atoms with Crippen molar-refractivity contribution in [1.29, 1.82) is 0 Å². The average Bonchev–Trinajstić information content (AvgIpc) is 2.81. The smallest absolute Gasteiger partial charge is 0.271 e. The zero-order chi connectivity index (χ0) is 10.7. The Hall–Kier alpha value is -1.36. The van der Waals surface area contributed by atoms with Gasteiger partial charge in [0.2, 0.25) is 0 Å². The van der Waals surface area contributed by atoms with Crippen LogP contribution >= 0.6 is 0 Å². The van der Waals surface area contributed by atoms with Crippen molar-refractivity contribution < 1.29 is 4.79 Å². The molecule has 1 aliphatic heterocycles. The molecule has 5 heteroatoms. The summed E-state index contributed by atoms with van der Waals surface area (Å²) in [5, 5.41) is 6.47. The third-order valence-electron chi connectivity index (χ3n) is 2.87. The van der Waals surface area contributed by atoms with Gasteiger partial charge in [-0.25, -0.2) is 0 Å². The minimum Gasteiger partial charge on any atom is -0.337 e. The molecule has 0 radical (unpaired) electrons. The van der Waals surface area contributed by atoms with Gasteiger partial charge in [0.25, 0.3) is 5.91 Å². The topological polar surface area (TPSA) is 75.0 Å². The van der Waals surface area contributed by atoms with Gasteiger partial charge in [-0.3, -0.25) is 9.89 Å². The van der Waals surface area contributed by atoms with E-state index < -0.39 is 0 Å². The van der Waals surface area contributed by atoms with E-state index in [9.17, 15) is 4.79 Å². The zero-order valence-corrected chi connectivity index (χ0v) is 8.65. The van der Waals surface area contributed by atoms with Crippen molar-refractivity contribution in [3.8, 4) is 0 Å². The van der Waals surface area contributed by atoms with Gasteiger partial charge in [-0.15, -0.1) is 0 Å². The summed E-state index contributed by atoms with van der Waals surface area (Å²) in [6, 6.07) is 1.70. The first kappa shape index (κ1) is 10.2. The van der Waals surface area contributed by atoms with E-state index in [0.29, 0.717) is 18.2 Å². The number of likely N-dealkylation sites (tertiary alicyclic amines) is 1. The van der Waals surface area contributed by atoms with E-state index in [2.05, 4.69) is 10.2 Å². The number of piperidine rings is 1. The van der Waals surface area contributed by atoms with Gasteiger partial charge in [-0.05, 0) is 31.4 Å². The van der Waals surface area contributed by atoms with Gasteiger partial charge in [-0.1, -0.05) is 0 Å². The molecule has 5 nitrogen and oxygen atoms in total. The lowest BCUT2D eigenvalue weighted by atomic mass is 9.98. The summed E-state index contributed by atoms with van der Waals surface area (Å²) in [6.45, 7) is 2.26. The van der Waals surface area contributed by atoms with Gasteiger partial charge in [0.1, 0.15) is 5.69 Å². The number of H-pyrrole nitrogens is 1. The third kappa shape index (κ3) is 2.18. The average molecular weight is 208 g/mol. The SMILES string of the molecule is NCC1CCCN(C(=O)c2ccn[nH]2)C1. The van der Waals surface area contributed by atoms with E-state index >= 15 is 0 Å². The highest BCUT2D eigenvalue weighted by molar-refractivity contribution is 5.92. The molecular formula is C10H16N4O. The number of rotatable bonds is 2. The third-order valence-corrected chi connectivity index (χ3v) is 2.87. The van der Waals surface area contributed by atoms with Crippen LogP contribution in [0.3, 0.4) is 0 Å². The predicted octanol–water partition coefficient (Wildman–Crippen LogP) is 0.221. The summed E-state index contributed by atoms with van der Waals surface area (Å²) in [7, 11) is 0. The van der Waals surface area contributed by atoms with Gasteiger partial charge in [0, 0.05) is 19.3 Å². The fourth-order valence-electron chi connectivity index (χ4n) is 1.99. The molecule has 1 unspecified atom stereocenters. The standard InChI is InChI=1S/C10H16N4O/c11-6-8-2-1-5-14(7-8)10(15)9-3-4-12-13-9/h3-4,8H,1-2,5-7,11H2,(H,12,13). The lowest BCUT2D eigenvalue weighted by Crippen LogP contribution is -2.42. The molecule has 1 aromatic rings. The Bertz CT molecular complexity index is 322. The highest BCUT2D eigenvalue weighted by atomic mass is 16.2. The molecule has 2 rings (SSSR count). The van der Waals surface area contributed by atoms with Gasteiger partial charge < -0.3 is 10.6 Å². The number of hydrogen-bond acceptors (Lipinski definition) is 3. The quantitative estimate of drug-likeness (QED) is 0.730. The van der Waals surface area contributed by atoms with Crippen LogP contribution in [0.15, 0.2) is 12.3 Å². The van der Waals surface area contributed by atoms with Crippen LogP contribution in [0.4, 0.5) is 0 Å². The first-order chi connectivity index (χ1) is 7.31. The second kappa shape index (κ2) is 4.44. The minimum absolute atomic E-state index is 0.0330. The number of aromatic nitrogens is 2. The Morgan fingerprint density at radius 3 is 3.27 bits per heavy atom. The molecule has 2 heterocycles. The second-order valence-electron chi connectivity index (χ2n) is 3.97. The fourth-order valence-corrected chi connectivity index (χ4v) is 1.99. The maximum absolute atomic E-state index is 11.9. The van der Waals surface area contributed by atoms with Crippen molar-refractivity contribution in [2.45, 2.75) is 12.8 Å². The molecule has 1 aliphatic rings. The Morgan fingerprint density at radius 1 is 1.73 bits per heavy atom. The maximum atomic E-state index is 11.9. The Morgan fingerprint density at radius 2 is 2.60 bits per heavy atom. The molecule has 82 valence electrons. The lowest BCUT2D eigenvalue weighted by molar-refractivity contribution is 0.0672. The predicted molar refractivity (Wildman–Crippen MR) is 56.3 cm³/mol. The fraction of sp³-hybridized carbons (Fsp3) is 0.600. The molecule has 3 N–H and O–H groups in total. The van der Waals surface area contributed by atoms with E-state index in [1.165, 1.54) is 0 Å². The molecule has 1 atom stereocenters. The van der Waals surface area contributed by atoms with Crippen LogP contribution in [0.5, 0.6) is 0 Å². The summed E-state index contributed by atoms with van der Waals surface area (Å²) in [4.78, 5) is 13.8. The highest BCUT2D eigenvalue weighted by Crippen LogP contribution is 2.16. The monoisotopic (exact) mass is 208 g/mol. The van der Waals surface area contributed by atoms with E-state index in [4.69, 9.17) is 5.73 Å². The summed E-state index contributed by atoms with van der Waals surface area (Å²) in [5.41, 5.74) is 6.19. The van der Waals surface area contributed by atoms with Crippen LogP contribution in [-0.2, 0) is 0 Å². The van der Waals surface area contributed by atoms with Crippen LogP contribution in [0.2, 0.25) is 0 Å². The molecule has 1 aromatic heterocycles. The highest BCUT2D eigenvalue weighted by Gasteiger charge is 2.24. The van der Waals surface area contributed by atoms with Crippen molar-refractivity contribution in [1.82, 2.24) is 15.1 Å². The van der Waals surface area contributed by atoms with Gasteiger partial charge in [0.15, 0.2) is 0 Å². The van der Waals surface area contributed by atoms with Crippen molar-refractivity contribution in [3.63, 3.8) is 0 Å². The van der Waals surface area contributed by atoms with Crippen LogP contribution in [0.1, 0.15) is 23.3 Å². The number of nitrogens with zero attached hydrogens (tertiary/aromatic N) is 2. The number of nitrogens with one attached hydrogen (secondary N) is 1. The van der Waals surface area contributed by atoms with Crippen LogP contribution in [-0.4, -0.2) is 40.6 Å². The van der Waals surface area contributed by atoms with Crippen molar-refractivity contribution in [3.05, 3.63) is 18.0 Å². The lowest BCUT2D eigenvalue weighted by Gasteiger charge is -2.31. The molecule has 0 aliphatic carbocycles. The number of carbonyl (C=O) groups is 1. The molecule has 0 saturated carbocycles. The number of aromatic amines is 1. The molecule has 0 bridgehead atoms. The van der Waals surface area contributed by atoms with Crippen molar-refractivity contribution >= 4 is 5.91 Å². The van der Waals surface area contributed by atoms with E-state index in [1.54, 1.807) is 12.3 Å². The maximum Gasteiger partial charge on any atom is 0.271 e. The molecule has 1 saturated heterocycles. The van der Waals surface area contributed by atoms with Crippen molar-refractivity contribution in [2.24, 2.45) is 11.7 Å². The molecule has 0 spiro atoms. The molecule has 15 heavy (non-hydrogen) atoms. The van der Waals surface area contributed by atoms with Gasteiger partial charge in [0.05, 0.1) is 0 Å². The van der Waals surface area contributed by atoms with E-state index in [1.807, 2.05) is 4.90 Å². The van der Waals surface area contributed by atoms with E-state index in [-0.39, 0.29) is 5.91 Å². The van der Waals surface area contributed by atoms with Crippen molar-refractivity contribution in [2.75, 3.05) is 19.6 Å².